The summed E-state index contributed by atoms with van der Waals surface area (Å²) in [6, 6.07) is 8.11. The molecule has 122 valence electrons. The first-order valence-electron chi connectivity index (χ1n) is 8.38. The van der Waals surface area contributed by atoms with Gasteiger partial charge in [0.25, 0.3) is 0 Å². The van der Waals surface area contributed by atoms with Crippen LogP contribution in [0.15, 0.2) is 40.6 Å². The molecule has 1 atom stereocenters. The highest BCUT2D eigenvalue weighted by Crippen LogP contribution is 2.39. The molecule has 0 amide bonds. The van der Waals surface area contributed by atoms with Gasteiger partial charge >= 0.3 is 0 Å². The van der Waals surface area contributed by atoms with E-state index in [0.717, 1.165) is 18.4 Å². The summed E-state index contributed by atoms with van der Waals surface area (Å²) in [6.45, 7) is 8.28. The molecule has 0 fully saturated rings. The average molecular weight is 311 g/mol. The summed E-state index contributed by atoms with van der Waals surface area (Å²) in [7, 11) is 0. The quantitative estimate of drug-likeness (QED) is 0.880. The van der Waals surface area contributed by atoms with Gasteiger partial charge in [-0.2, -0.15) is 0 Å². The van der Waals surface area contributed by atoms with Crippen molar-refractivity contribution in [1.29, 1.82) is 0 Å². The third-order valence-electron chi connectivity index (χ3n) is 5.08. The van der Waals surface area contributed by atoms with Gasteiger partial charge in [0.15, 0.2) is 5.78 Å². The summed E-state index contributed by atoms with van der Waals surface area (Å²) in [6.07, 6.45) is 2.75. The fourth-order valence-corrected chi connectivity index (χ4v) is 3.64. The summed E-state index contributed by atoms with van der Waals surface area (Å²) in [5.41, 5.74) is 2.93. The molecule has 2 aliphatic rings. The number of hydrogen-bond donors (Lipinski definition) is 1. The Morgan fingerprint density at radius 2 is 1.83 bits per heavy atom. The number of carbonyl (C=O) groups excluding carboxylic acids is 1. The molecule has 3 heteroatoms. The van der Waals surface area contributed by atoms with Crippen LogP contribution in [0.3, 0.4) is 0 Å². The van der Waals surface area contributed by atoms with Crippen molar-refractivity contribution in [3.05, 3.63) is 46.7 Å². The van der Waals surface area contributed by atoms with Gasteiger partial charge in [0.1, 0.15) is 5.76 Å². The van der Waals surface area contributed by atoms with E-state index < -0.39 is 0 Å². The smallest absolute Gasteiger partial charge is 0.168 e. The number of fused-ring (bicyclic) bond motifs is 1. The second kappa shape index (κ2) is 5.33. The summed E-state index contributed by atoms with van der Waals surface area (Å²) in [4.78, 5) is 17.7. The minimum Gasteiger partial charge on any atom is -0.511 e. The predicted octanol–water partition coefficient (Wildman–Crippen LogP) is 4.40. The van der Waals surface area contributed by atoms with Gasteiger partial charge < -0.3 is 5.11 Å². The van der Waals surface area contributed by atoms with Gasteiger partial charge in [0.05, 0.1) is 16.8 Å². The lowest BCUT2D eigenvalue weighted by atomic mass is 9.73. The monoisotopic (exact) mass is 311 g/mol. The minimum atomic E-state index is -0.218. The van der Waals surface area contributed by atoms with E-state index in [1.54, 1.807) is 0 Å². The highest BCUT2D eigenvalue weighted by molar-refractivity contribution is 6.30. The maximum Gasteiger partial charge on any atom is 0.168 e. The molecule has 1 N–H and O–H groups in total. The molecule has 3 nitrogen and oxygen atoms in total. The van der Waals surface area contributed by atoms with Crippen LogP contribution in [0.4, 0.5) is 0 Å². The van der Waals surface area contributed by atoms with E-state index in [1.807, 2.05) is 32.0 Å². The SMILES string of the molecule is CCC1(C)Cc2ccccc2C(C2=C(O)CC(C)(C)CC2=O)=N1. The third kappa shape index (κ3) is 2.85. The molecular weight excluding hydrogens is 286 g/mol. The topological polar surface area (TPSA) is 49.7 Å². The fraction of sp³-hybridized carbons (Fsp3) is 0.500. The highest BCUT2D eigenvalue weighted by atomic mass is 16.3. The molecule has 1 aromatic rings. The largest absolute Gasteiger partial charge is 0.511 e. The number of Topliss-reactive ketones (excluding diaryl/α,β-unsaturated/α-hetero) is 1. The summed E-state index contributed by atoms with van der Waals surface area (Å²) in [5, 5.41) is 10.6. The number of nitrogens with zero attached hydrogens (tertiary/aromatic N) is 1. The maximum absolute atomic E-state index is 12.7. The van der Waals surface area contributed by atoms with E-state index in [9.17, 15) is 9.90 Å². The molecule has 1 heterocycles. The molecule has 0 bridgehead atoms. The molecule has 0 radical (unpaired) electrons. The van der Waals surface area contributed by atoms with Crippen molar-refractivity contribution in [3.8, 4) is 0 Å². The first-order valence-corrected chi connectivity index (χ1v) is 8.38. The normalized spacial score (nSPS) is 26.8. The Bertz CT molecular complexity index is 727. The van der Waals surface area contributed by atoms with Crippen LogP contribution in [0, 0.1) is 5.41 Å². The Kier molecular flexibility index (Phi) is 3.70. The second-order valence-electron chi connectivity index (χ2n) is 7.91. The van der Waals surface area contributed by atoms with E-state index in [0.29, 0.717) is 24.1 Å². The second-order valence-corrected chi connectivity index (χ2v) is 7.91. The van der Waals surface area contributed by atoms with E-state index >= 15 is 0 Å². The van der Waals surface area contributed by atoms with Crippen LogP contribution in [-0.4, -0.2) is 22.1 Å². The van der Waals surface area contributed by atoms with Crippen molar-refractivity contribution in [2.24, 2.45) is 10.4 Å². The molecular formula is C20H25NO2. The van der Waals surface area contributed by atoms with Crippen LogP contribution < -0.4 is 0 Å². The molecule has 3 rings (SSSR count). The molecule has 23 heavy (non-hydrogen) atoms. The van der Waals surface area contributed by atoms with Crippen LogP contribution in [0.25, 0.3) is 0 Å². The number of aliphatic imine (C=N–C) groups is 1. The number of allylic oxidation sites excluding steroid dienone is 2. The van der Waals surface area contributed by atoms with Crippen molar-refractivity contribution in [3.63, 3.8) is 0 Å². The number of aliphatic hydroxyl groups is 1. The molecule has 1 aliphatic carbocycles. The van der Waals surface area contributed by atoms with Gasteiger partial charge in [-0.25, -0.2) is 0 Å². The Morgan fingerprint density at radius 1 is 1.13 bits per heavy atom. The number of rotatable bonds is 2. The number of aliphatic hydroxyl groups excluding tert-OH is 1. The van der Waals surface area contributed by atoms with Crippen LogP contribution in [0.1, 0.15) is 58.1 Å². The van der Waals surface area contributed by atoms with Crippen molar-refractivity contribution in [1.82, 2.24) is 0 Å². The number of carbonyl (C=O) groups is 1. The standard InChI is InChI=1S/C20H25NO2/c1-5-20(4)10-13-8-6-7-9-14(13)18(21-20)17-15(22)11-19(2,3)12-16(17)23/h6-9,22H,5,10-12H2,1-4H3. The van der Waals surface area contributed by atoms with Crippen LogP contribution in [0.5, 0.6) is 0 Å². The zero-order valence-corrected chi connectivity index (χ0v) is 14.4. The first-order chi connectivity index (χ1) is 10.7. The van der Waals surface area contributed by atoms with E-state index in [-0.39, 0.29) is 22.5 Å². The van der Waals surface area contributed by atoms with Crippen LogP contribution in [-0.2, 0) is 11.2 Å². The van der Waals surface area contributed by atoms with E-state index in [2.05, 4.69) is 19.9 Å². The summed E-state index contributed by atoms with van der Waals surface area (Å²) in [5.74, 6) is 0.202. The van der Waals surface area contributed by atoms with Gasteiger partial charge in [-0.1, -0.05) is 45.0 Å². The van der Waals surface area contributed by atoms with Gasteiger partial charge in [-0.15, -0.1) is 0 Å². The number of benzene rings is 1. The van der Waals surface area contributed by atoms with Gasteiger partial charge in [-0.3, -0.25) is 9.79 Å². The zero-order chi connectivity index (χ0) is 16.8. The Labute approximate surface area is 138 Å². The molecule has 1 aromatic carbocycles. The van der Waals surface area contributed by atoms with Crippen LogP contribution in [0.2, 0.25) is 0 Å². The van der Waals surface area contributed by atoms with Crippen molar-refractivity contribution in [2.75, 3.05) is 0 Å². The molecule has 0 aromatic heterocycles. The lowest BCUT2D eigenvalue weighted by Gasteiger charge is -2.35. The van der Waals surface area contributed by atoms with Gasteiger partial charge in [0, 0.05) is 18.4 Å². The third-order valence-corrected chi connectivity index (χ3v) is 5.08. The molecule has 1 unspecified atom stereocenters. The maximum atomic E-state index is 12.7. The van der Waals surface area contributed by atoms with Crippen LogP contribution >= 0.6 is 0 Å². The van der Waals surface area contributed by atoms with Gasteiger partial charge in [0.2, 0.25) is 0 Å². The van der Waals surface area contributed by atoms with Crippen molar-refractivity contribution >= 4 is 11.5 Å². The predicted molar refractivity (Wildman–Crippen MR) is 93.1 cm³/mol. The Balaban J connectivity index is 2.18. The summed E-state index contributed by atoms with van der Waals surface area (Å²) < 4.78 is 0. The van der Waals surface area contributed by atoms with Gasteiger partial charge in [-0.05, 0) is 30.7 Å². The zero-order valence-electron chi connectivity index (χ0n) is 14.4. The average Bonchev–Trinajstić information content (AvgIpc) is 2.45. The highest BCUT2D eigenvalue weighted by Gasteiger charge is 2.38. The van der Waals surface area contributed by atoms with E-state index in [4.69, 9.17) is 4.99 Å². The first kappa shape index (κ1) is 16.0. The van der Waals surface area contributed by atoms with Crippen molar-refractivity contribution < 1.29 is 9.90 Å². The lowest BCUT2D eigenvalue weighted by molar-refractivity contribution is -0.117. The summed E-state index contributed by atoms with van der Waals surface area (Å²) >= 11 is 0. The van der Waals surface area contributed by atoms with Crippen molar-refractivity contribution in [2.45, 2.75) is 58.9 Å². The lowest BCUT2D eigenvalue weighted by Crippen LogP contribution is -2.36. The number of hydrogen-bond acceptors (Lipinski definition) is 3. The number of ketones is 1. The Morgan fingerprint density at radius 3 is 2.48 bits per heavy atom. The minimum absolute atomic E-state index is 0.00709. The fourth-order valence-electron chi connectivity index (χ4n) is 3.64. The Hall–Kier alpha value is -1.90. The van der Waals surface area contributed by atoms with E-state index in [1.165, 1.54) is 5.56 Å². The molecule has 1 aliphatic heterocycles. The molecule has 0 saturated carbocycles. The molecule has 0 saturated heterocycles. The molecule has 0 spiro atoms.